The highest BCUT2D eigenvalue weighted by Gasteiger charge is 2.30. The van der Waals surface area contributed by atoms with E-state index in [1.54, 1.807) is 0 Å². The monoisotopic (exact) mass is 288 g/mol. The van der Waals surface area contributed by atoms with E-state index in [0.29, 0.717) is 6.42 Å². The van der Waals surface area contributed by atoms with Gasteiger partial charge in [-0.3, -0.25) is 4.90 Å². The van der Waals surface area contributed by atoms with E-state index in [1.807, 2.05) is 0 Å². The summed E-state index contributed by atoms with van der Waals surface area (Å²) in [6, 6.07) is 5.24. The number of rotatable bonds is 4. The van der Waals surface area contributed by atoms with Crippen LogP contribution in [-0.2, 0) is 6.18 Å². The zero-order chi connectivity index (χ0) is 14.6. The number of nitrogens with one attached hydrogen (secondary N) is 1. The van der Waals surface area contributed by atoms with Gasteiger partial charge in [0.15, 0.2) is 0 Å². The van der Waals surface area contributed by atoms with Gasteiger partial charge in [-0.25, -0.2) is 0 Å². The van der Waals surface area contributed by atoms with E-state index in [9.17, 15) is 18.3 Å². The first-order valence-corrected chi connectivity index (χ1v) is 6.75. The van der Waals surface area contributed by atoms with Gasteiger partial charge in [-0.15, -0.1) is 0 Å². The Bertz CT molecular complexity index is 413. The summed E-state index contributed by atoms with van der Waals surface area (Å²) in [6.45, 7) is 3.43. The normalized spacial score (nSPS) is 19.0. The van der Waals surface area contributed by atoms with Crippen LogP contribution in [0.25, 0.3) is 0 Å². The lowest BCUT2D eigenvalue weighted by Crippen LogP contribution is -2.45. The molecule has 0 aliphatic carbocycles. The summed E-state index contributed by atoms with van der Waals surface area (Å²) >= 11 is 0. The number of alkyl halides is 3. The molecule has 0 bridgehead atoms. The van der Waals surface area contributed by atoms with E-state index < -0.39 is 11.7 Å². The lowest BCUT2D eigenvalue weighted by Gasteiger charge is -2.35. The third-order valence-electron chi connectivity index (χ3n) is 3.62. The molecule has 1 fully saturated rings. The molecule has 112 valence electrons. The Hall–Kier alpha value is -1.11. The van der Waals surface area contributed by atoms with E-state index in [1.165, 1.54) is 12.1 Å². The van der Waals surface area contributed by atoms with Gasteiger partial charge in [-0.05, 0) is 24.1 Å². The van der Waals surface area contributed by atoms with Crippen LogP contribution in [0.4, 0.5) is 13.2 Å². The average Bonchev–Trinajstić information content (AvgIpc) is 2.45. The number of benzene rings is 1. The maximum Gasteiger partial charge on any atom is 0.416 e. The van der Waals surface area contributed by atoms with Crippen LogP contribution in [0.15, 0.2) is 24.3 Å². The molecule has 0 radical (unpaired) electrons. The first-order valence-electron chi connectivity index (χ1n) is 6.75. The molecule has 1 saturated heterocycles. The molecule has 0 saturated carbocycles. The van der Waals surface area contributed by atoms with Crippen molar-refractivity contribution in [1.82, 2.24) is 10.2 Å². The minimum Gasteiger partial charge on any atom is -0.396 e. The highest BCUT2D eigenvalue weighted by atomic mass is 19.4. The van der Waals surface area contributed by atoms with E-state index >= 15 is 0 Å². The van der Waals surface area contributed by atoms with Crippen molar-refractivity contribution in [2.75, 3.05) is 32.8 Å². The van der Waals surface area contributed by atoms with Crippen molar-refractivity contribution in [2.24, 2.45) is 0 Å². The molecule has 2 rings (SSSR count). The molecular formula is C14H19F3N2O. The van der Waals surface area contributed by atoms with Gasteiger partial charge in [0.25, 0.3) is 0 Å². The first kappa shape index (κ1) is 15.3. The van der Waals surface area contributed by atoms with Gasteiger partial charge in [0.1, 0.15) is 0 Å². The van der Waals surface area contributed by atoms with Gasteiger partial charge in [0, 0.05) is 38.8 Å². The molecule has 1 aromatic carbocycles. The Labute approximate surface area is 116 Å². The van der Waals surface area contributed by atoms with Crippen molar-refractivity contribution in [1.29, 1.82) is 0 Å². The third-order valence-corrected chi connectivity index (χ3v) is 3.62. The van der Waals surface area contributed by atoms with Crippen molar-refractivity contribution in [2.45, 2.75) is 18.6 Å². The summed E-state index contributed by atoms with van der Waals surface area (Å²) in [6.07, 6.45) is -3.77. The smallest absolute Gasteiger partial charge is 0.396 e. The quantitative estimate of drug-likeness (QED) is 0.890. The largest absolute Gasteiger partial charge is 0.416 e. The van der Waals surface area contributed by atoms with Gasteiger partial charge in [-0.2, -0.15) is 13.2 Å². The van der Waals surface area contributed by atoms with Crippen LogP contribution in [0.3, 0.4) is 0 Å². The number of piperazine rings is 1. The lowest BCUT2D eigenvalue weighted by molar-refractivity contribution is -0.137. The van der Waals surface area contributed by atoms with Crippen LogP contribution in [0.5, 0.6) is 0 Å². The van der Waals surface area contributed by atoms with Gasteiger partial charge >= 0.3 is 6.18 Å². The minimum atomic E-state index is -4.31. The standard InChI is InChI=1S/C14H19F3N2O/c15-14(16,17)12-3-1-11(2-4-12)13(5-10-20)19-8-6-18-7-9-19/h1-4,13,18,20H,5-10H2/t13-/m1/s1. The fourth-order valence-corrected chi connectivity index (χ4v) is 2.57. The molecule has 1 aliphatic rings. The summed E-state index contributed by atoms with van der Waals surface area (Å²) in [5.74, 6) is 0. The minimum absolute atomic E-state index is 0.0234. The SMILES string of the molecule is OCC[C@H](c1ccc(C(F)(F)F)cc1)N1CCNCC1. The number of halogens is 3. The first-order chi connectivity index (χ1) is 9.52. The molecule has 0 unspecified atom stereocenters. The molecule has 1 atom stereocenters. The molecule has 3 nitrogen and oxygen atoms in total. The summed E-state index contributed by atoms with van der Waals surface area (Å²) in [7, 11) is 0. The number of aliphatic hydroxyl groups is 1. The Morgan fingerprint density at radius 2 is 1.75 bits per heavy atom. The molecule has 6 heteroatoms. The van der Waals surface area contributed by atoms with E-state index in [4.69, 9.17) is 0 Å². The second-order valence-corrected chi connectivity index (χ2v) is 4.93. The third kappa shape index (κ3) is 3.71. The molecule has 0 aromatic heterocycles. The van der Waals surface area contributed by atoms with Gasteiger partial charge < -0.3 is 10.4 Å². The van der Waals surface area contributed by atoms with Crippen LogP contribution in [0.1, 0.15) is 23.6 Å². The zero-order valence-electron chi connectivity index (χ0n) is 11.2. The van der Waals surface area contributed by atoms with Gasteiger partial charge in [-0.1, -0.05) is 12.1 Å². The van der Waals surface area contributed by atoms with Crippen molar-refractivity contribution >= 4 is 0 Å². The second kappa shape index (κ2) is 6.56. The zero-order valence-corrected chi connectivity index (χ0v) is 11.2. The van der Waals surface area contributed by atoms with Gasteiger partial charge in [0.2, 0.25) is 0 Å². The van der Waals surface area contributed by atoms with E-state index in [0.717, 1.165) is 43.9 Å². The molecule has 1 aliphatic heterocycles. The van der Waals surface area contributed by atoms with E-state index in [-0.39, 0.29) is 12.6 Å². The fourth-order valence-electron chi connectivity index (χ4n) is 2.57. The summed E-state index contributed by atoms with van der Waals surface area (Å²) in [5, 5.41) is 12.4. The highest BCUT2D eigenvalue weighted by molar-refractivity contribution is 5.27. The second-order valence-electron chi connectivity index (χ2n) is 4.93. The highest BCUT2D eigenvalue weighted by Crippen LogP contribution is 2.31. The van der Waals surface area contributed by atoms with Crippen molar-refractivity contribution < 1.29 is 18.3 Å². The lowest BCUT2D eigenvalue weighted by atomic mass is 10.00. The number of hydrogen-bond acceptors (Lipinski definition) is 3. The van der Waals surface area contributed by atoms with Crippen LogP contribution < -0.4 is 5.32 Å². The summed E-state index contributed by atoms with van der Waals surface area (Å²) in [4.78, 5) is 2.20. The van der Waals surface area contributed by atoms with Crippen molar-refractivity contribution in [3.05, 3.63) is 35.4 Å². The molecule has 2 N–H and O–H groups in total. The maximum absolute atomic E-state index is 12.6. The molecule has 1 aromatic rings. The molecular weight excluding hydrogens is 269 g/mol. The van der Waals surface area contributed by atoms with Crippen molar-refractivity contribution in [3.8, 4) is 0 Å². The Morgan fingerprint density at radius 3 is 2.25 bits per heavy atom. The van der Waals surface area contributed by atoms with Crippen molar-refractivity contribution in [3.63, 3.8) is 0 Å². The molecule has 20 heavy (non-hydrogen) atoms. The predicted octanol–water partition coefficient (Wildman–Crippen LogP) is 2.03. The van der Waals surface area contributed by atoms with Crippen LogP contribution >= 0.6 is 0 Å². The molecule has 0 amide bonds. The summed E-state index contributed by atoms with van der Waals surface area (Å²) < 4.78 is 37.7. The maximum atomic E-state index is 12.6. The molecule has 1 heterocycles. The Morgan fingerprint density at radius 1 is 1.15 bits per heavy atom. The number of hydrogen-bond donors (Lipinski definition) is 2. The fraction of sp³-hybridized carbons (Fsp3) is 0.571. The van der Waals surface area contributed by atoms with E-state index in [2.05, 4.69) is 10.2 Å². The number of nitrogens with zero attached hydrogens (tertiary/aromatic N) is 1. The van der Waals surface area contributed by atoms with Gasteiger partial charge in [0.05, 0.1) is 5.56 Å². The number of aliphatic hydroxyl groups excluding tert-OH is 1. The van der Waals surface area contributed by atoms with Crippen LogP contribution in [0.2, 0.25) is 0 Å². The Kier molecular flexibility index (Phi) is 5.01. The van der Waals surface area contributed by atoms with Crippen LogP contribution in [-0.4, -0.2) is 42.8 Å². The average molecular weight is 288 g/mol. The topological polar surface area (TPSA) is 35.5 Å². The molecule has 0 spiro atoms. The summed E-state index contributed by atoms with van der Waals surface area (Å²) in [5.41, 5.74) is 0.193. The van der Waals surface area contributed by atoms with Crippen LogP contribution in [0, 0.1) is 0 Å². The predicted molar refractivity (Wildman–Crippen MR) is 70.3 cm³/mol. The Balaban J connectivity index is 2.16.